The molecule has 0 saturated heterocycles. The third-order valence-electron chi connectivity index (χ3n) is 2.91. The number of nitrogens with zero attached hydrogens (tertiary/aromatic N) is 1. The number of aliphatic imine (C=N–C) groups is 1. The van der Waals surface area contributed by atoms with Crippen LogP contribution in [0.3, 0.4) is 0 Å². The lowest BCUT2D eigenvalue weighted by atomic mass is 10.2. The summed E-state index contributed by atoms with van der Waals surface area (Å²) in [6, 6.07) is 5.86. The molecule has 1 unspecified atom stereocenters. The lowest BCUT2D eigenvalue weighted by Crippen LogP contribution is -2.46. The number of carbonyl (C=O) groups is 1. The molecule has 1 aromatic rings. The minimum atomic E-state index is -0.136. The van der Waals surface area contributed by atoms with Crippen molar-refractivity contribution in [2.75, 3.05) is 32.6 Å². The summed E-state index contributed by atoms with van der Waals surface area (Å²) in [5, 5.41) is 8.98. The van der Waals surface area contributed by atoms with E-state index < -0.39 is 0 Å². The van der Waals surface area contributed by atoms with Crippen LogP contribution in [0, 0.1) is 6.92 Å². The van der Waals surface area contributed by atoms with Crippen molar-refractivity contribution in [2.24, 2.45) is 4.99 Å². The second kappa shape index (κ2) is 9.42. The second-order valence-electron chi connectivity index (χ2n) is 4.93. The highest BCUT2D eigenvalue weighted by molar-refractivity contribution is 9.10. The Labute approximate surface area is 139 Å². The van der Waals surface area contributed by atoms with Crippen molar-refractivity contribution in [1.82, 2.24) is 10.6 Å². The SMILES string of the molecule is CN=C(NCC(=O)Nc1cc(Br)ccc1C)NC(C)COC. The van der Waals surface area contributed by atoms with Crippen molar-refractivity contribution >= 4 is 33.5 Å². The number of guanidine groups is 1. The van der Waals surface area contributed by atoms with E-state index in [0.29, 0.717) is 12.6 Å². The second-order valence-corrected chi connectivity index (χ2v) is 5.85. The molecule has 0 bridgehead atoms. The molecule has 7 heteroatoms. The lowest BCUT2D eigenvalue weighted by Gasteiger charge is -2.17. The van der Waals surface area contributed by atoms with Gasteiger partial charge in [0.15, 0.2) is 5.96 Å². The Morgan fingerprint density at radius 1 is 1.45 bits per heavy atom. The zero-order valence-corrected chi connectivity index (χ0v) is 15.0. The maximum Gasteiger partial charge on any atom is 0.243 e. The molecule has 0 spiro atoms. The van der Waals surface area contributed by atoms with Gasteiger partial charge in [0.2, 0.25) is 5.91 Å². The van der Waals surface area contributed by atoms with Crippen LogP contribution in [-0.4, -0.2) is 45.2 Å². The molecule has 0 aromatic heterocycles. The number of amides is 1. The fourth-order valence-electron chi connectivity index (χ4n) is 1.81. The first-order chi connectivity index (χ1) is 10.5. The predicted octanol–water partition coefficient (Wildman–Crippen LogP) is 1.90. The molecule has 0 radical (unpaired) electrons. The predicted molar refractivity (Wildman–Crippen MR) is 93.3 cm³/mol. The van der Waals surface area contributed by atoms with Gasteiger partial charge in [0.1, 0.15) is 0 Å². The first kappa shape index (κ1) is 18.4. The average molecular weight is 371 g/mol. The molecule has 0 fully saturated rings. The number of methoxy groups -OCH3 is 1. The number of rotatable bonds is 6. The summed E-state index contributed by atoms with van der Waals surface area (Å²) in [7, 11) is 3.30. The van der Waals surface area contributed by atoms with Gasteiger partial charge in [-0.25, -0.2) is 0 Å². The molecule has 0 heterocycles. The fraction of sp³-hybridized carbons (Fsp3) is 0.467. The van der Waals surface area contributed by atoms with E-state index in [-0.39, 0.29) is 18.5 Å². The summed E-state index contributed by atoms with van der Waals surface area (Å²) in [6.07, 6.45) is 0. The number of hydrogen-bond donors (Lipinski definition) is 3. The Hall–Kier alpha value is -1.60. The van der Waals surface area contributed by atoms with Crippen LogP contribution in [0.4, 0.5) is 5.69 Å². The van der Waals surface area contributed by atoms with Crippen molar-refractivity contribution in [3.8, 4) is 0 Å². The highest BCUT2D eigenvalue weighted by Crippen LogP contribution is 2.20. The topological polar surface area (TPSA) is 74.8 Å². The van der Waals surface area contributed by atoms with Crippen LogP contribution in [0.5, 0.6) is 0 Å². The number of halogens is 1. The molecule has 122 valence electrons. The molecule has 0 saturated carbocycles. The zero-order chi connectivity index (χ0) is 16.5. The van der Waals surface area contributed by atoms with Gasteiger partial charge < -0.3 is 20.7 Å². The Balaban J connectivity index is 2.49. The summed E-state index contributed by atoms with van der Waals surface area (Å²) in [5.41, 5.74) is 1.80. The molecule has 0 aliphatic rings. The number of benzene rings is 1. The number of hydrogen-bond acceptors (Lipinski definition) is 3. The summed E-state index contributed by atoms with van der Waals surface area (Å²) in [4.78, 5) is 16.1. The van der Waals surface area contributed by atoms with E-state index in [1.165, 1.54) is 0 Å². The Morgan fingerprint density at radius 2 is 2.18 bits per heavy atom. The molecule has 3 N–H and O–H groups in total. The van der Waals surface area contributed by atoms with Crippen molar-refractivity contribution in [2.45, 2.75) is 19.9 Å². The van der Waals surface area contributed by atoms with Crippen LogP contribution in [-0.2, 0) is 9.53 Å². The fourth-order valence-corrected chi connectivity index (χ4v) is 2.17. The third kappa shape index (κ3) is 6.44. The summed E-state index contributed by atoms with van der Waals surface area (Å²) in [6.45, 7) is 4.61. The summed E-state index contributed by atoms with van der Waals surface area (Å²) in [5.74, 6) is 0.425. The van der Waals surface area contributed by atoms with E-state index in [1.54, 1.807) is 14.2 Å². The van der Waals surface area contributed by atoms with Gasteiger partial charge in [0.25, 0.3) is 0 Å². The van der Waals surface area contributed by atoms with Crippen molar-refractivity contribution in [3.63, 3.8) is 0 Å². The zero-order valence-electron chi connectivity index (χ0n) is 13.4. The number of anilines is 1. The molecule has 1 atom stereocenters. The van der Waals surface area contributed by atoms with E-state index in [1.807, 2.05) is 32.0 Å². The van der Waals surface area contributed by atoms with E-state index in [2.05, 4.69) is 36.9 Å². The normalized spacial score (nSPS) is 12.7. The highest BCUT2D eigenvalue weighted by Gasteiger charge is 2.08. The molecular weight excluding hydrogens is 348 g/mol. The third-order valence-corrected chi connectivity index (χ3v) is 3.41. The van der Waals surface area contributed by atoms with Crippen LogP contribution in [0.2, 0.25) is 0 Å². The molecule has 22 heavy (non-hydrogen) atoms. The maximum atomic E-state index is 12.0. The maximum absolute atomic E-state index is 12.0. The Morgan fingerprint density at radius 3 is 2.82 bits per heavy atom. The van der Waals surface area contributed by atoms with Gasteiger partial charge in [-0.15, -0.1) is 0 Å². The van der Waals surface area contributed by atoms with Crippen molar-refractivity contribution in [3.05, 3.63) is 28.2 Å². The first-order valence-electron chi connectivity index (χ1n) is 6.98. The number of aryl methyl sites for hydroxylation is 1. The largest absolute Gasteiger partial charge is 0.383 e. The van der Waals surface area contributed by atoms with Gasteiger partial charge in [-0.3, -0.25) is 9.79 Å². The molecule has 6 nitrogen and oxygen atoms in total. The lowest BCUT2D eigenvalue weighted by molar-refractivity contribution is -0.115. The van der Waals surface area contributed by atoms with Crippen LogP contribution < -0.4 is 16.0 Å². The van der Waals surface area contributed by atoms with E-state index in [9.17, 15) is 4.79 Å². The smallest absolute Gasteiger partial charge is 0.243 e. The van der Waals surface area contributed by atoms with E-state index >= 15 is 0 Å². The molecule has 0 aliphatic heterocycles. The number of nitrogens with one attached hydrogen (secondary N) is 3. The van der Waals surface area contributed by atoms with Gasteiger partial charge in [-0.1, -0.05) is 22.0 Å². The monoisotopic (exact) mass is 370 g/mol. The molecule has 1 aromatic carbocycles. The quantitative estimate of drug-likeness (QED) is 0.528. The molecule has 1 amide bonds. The number of ether oxygens (including phenoxy) is 1. The summed E-state index contributed by atoms with van der Waals surface area (Å²) < 4.78 is 5.97. The Bertz CT molecular complexity index is 534. The number of carbonyl (C=O) groups excluding carboxylic acids is 1. The summed E-state index contributed by atoms with van der Waals surface area (Å²) >= 11 is 3.39. The molecule has 0 aliphatic carbocycles. The van der Waals surface area contributed by atoms with Crippen molar-refractivity contribution < 1.29 is 9.53 Å². The molecule has 1 rings (SSSR count). The minimum absolute atomic E-state index is 0.103. The van der Waals surface area contributed by atoms with Gasteiger partial charge in [-0.2, -0.15) is 0 Å². The standard InChI is InChI=1S/C15H23BrN4O2/c1-10-5-6-12(16)7-13(10)20-14(21)8-18-15(17-3)19-11(2)9-22-4/h5-7,11H,8-9H2,1-4H3,(H,20,21)(H2,17,18,19). The van der Waals surface area contributed by atoms with Gasteiger partial charge >= 0.3 is 0 Å². The van der Waals surface area contributed by atoms with Gasteiger partial charge in [0, 0.05) is 30.4 Å². The minimum Gasteiger partial charge on any atom is -0.383 e. The van der Waals surface area contributed by atoms with E-state index in [4.69, 9.17) is 4.74 Å². The van der Waals surface area contributed by atoms with E-state index in [0.717, 1.165) is 15.7 Å². The van der Waals surface area contributed by atoms with Crippen LogP contribution in [0.1, 0.15) is 12.5 Å². The average Bonchev–Trinajstić information content (AvgIpc) is 2.47. The highest BCUT2D eigenvalue weighted by atomic mass is 79.9. The van der Waals surface area contributed by atoms with Crippen molar-refractivity contribution in [1.29, 1.82) is 0 Å². The van der Waals surface area contributed by atoms with Crippen LogP contribution >= 0.6 is 15.9 Å². The molecular formula is C15H23BrN4O2. The van der Waals surface area contributed by atoms with Crippen LogP contribution in [0.25, 0.3) is 0 Å². The van der Waals surface area contributed by atoms with Gasteiger partial charge in [-0.05, 0) is 31.5 Å². The van der Waals surface area contributed by atoms with Gasteiger partial charge in [0.05, 0.1) is 13.2 Å². The van der Waals surface area contributed by atoms with Crippen LogP contribution in [0.15, 0.2) is 27.7 Å². The Kier molecular flexibility index (Phi) is 7.90. The first-order valence-corrected chi connectivity index (χ1v) is 7.77.